The first kappa shape index (κ1) is 28.8. The predicted octanol–water partition coefficient (Wildman–Crippen LogP) is 6.02. The highest BCUT2D eigenvalue weighted by molar-refractivity contribution is 6.36. The Kier molecular flexibility index (Phi) is 5.97. The van der Waals surface area contributed by atoms with E-state index < -0.39 is 137 Å². The summed E-state index contributed by atoms with van der Waals surface area (Å²) in [4.78, 5) is 53.8. The molecular weight excluding hydrogens is 618 g/mol. The molecule has 6 rings (SSSR count). The smallest absolute Gasteiger partial charge is 0.261 e. The van der Waals surface area contributed by atoms with Crippen LogP contribution in [-0.4, -0.2) is 47.5 Å². The highest BCUT2D eigenvalue weighted by Gasteiger charge is 2.44. The summed E-state index contributed by atoms with van der Waals surface area (Å²) in [5.41, 5.74) is -9.25. The number of carbonyl (C=O) groups excluding carboxylic acids is 4. The molecule has 0 bridgehead atoms. The van der Waals surface area contributed by atoms with Crippen LogP contribution in [0.1, 0.15) is 41.4 Å². The lowest BCUT2D eigenvalue weighted by Crippen LogP contribution is -2.41. The van der Waals surface area contributed by atoms with Gasteiger partial charge in [0.05, 0.1) is 22.3 Å². The van der Waals surface area contributed by atoms with Crippen LogP contribution >= 0.6 is 0 Å². The second-order valence-corrected chi connectivity index (χ2v) is 9.67. The van der Waals surface area contributed by atoms with Gasteiger partial charge in [-0.15, -0.1) is 0 Å². The van der Waals surface area contributed by atoms with Crippen molar-refractivity contribution in [3.8, 4) is 22.3 Å². The molecule has 2 aliphatic heterocycles. The summed E-state index contributed by atoms with van der Waals surface area (Å²) >= 11 is 0. The maximum atomic E-state index is 15.0. The van der Waals surface area contributed by atoms with Crippen molar-refractivity contribution in [3.63, 3.8) is 0 Å². The van der Waals surface area contributed by atoms with Gasteiger partial charge in [-0.1, -0.05) is 0 Å². The van der Waals surface area contributed by atoms with Gasteiger partial charge >= 0.3 is 0 Å². The fraction of sp³-hybridized carbons (Fsp3) is 0.0714. The minimum Gasteiger partial charge on any atom is -0.277 e. The summed E-state index contributed by atoms with van der Waals surface area (Å²) in [6.45, 7) is 0. The molecule has 0 saturated carbocycles. The molecular formula is C28H8F10N2O4. The van der Waals surface area contributed by atoms with Gasteiger partial charge < -0.3 is 0 Å². The van der Waals surface area contributed by atoms with E-state index in [1.807, 2.05) is 0 Å². The van der Waals surface area contributed by atoms with Crippen LogP contribution in [0.4, 0.5) is 43.9 Å². The number of nitrogens with zero attached hydrogens (tertiary/aromatic N) is 2. The Morgan fingerprint density at radius 1 is 0.364 bits per heavy atom. The molecule has 224 valence electrons. The van der Waals surface area contributed by atoms with Gasteiger partial charge in [0.1, 0.15) is 0 Å². The molecule has 0 fully saturated rings. The van der Waals surface area contributed by atoms with Crippen molar-refractivity contribution in [1.29, 1.82) is 0 Å². The Balaban J connectivity index is 1.91. The third kappa shape index (κ3) is 3.32. The Morgan fingerprint density at radius 2 is 0.614 bits per heavy atom. The number of amides is 4. The molecule has 0 spiro atoms. The summed E-state index contributed by atoms with van der Waals surface area (Å²) in [5.74, 6) is -30.2. The largest absolute Gasteiger partial charge is 0.277 e. The number of rotatable bonds is 2. The van der Waals surface area contributed by atoms with Gasteiger partial charge in [0, 0.05) is 47.1 Å². The third-order valence-corrected chi connectivity index (χ3v) is 7.47. The average Bonchev–Trinajstić information content (AvgIpc) is 3.00. The van der Waals surface area contributed by atoms with E-state index in [1.54, 1.807) is 0 Å². The summed E-state index contributed by atoms with van der Waals surface area (Å²) in [7, 11) is 1.58. The topological polar surface area (TPSA) is 74.8 Å². The van der Waals surface area contributed by atoms with Crippen molar-refractivity contribution in [2.75, 3.05) is 14.1 Å². The molecule has 2 aliphatic rings. The number of benzene rings is 4. The van der Waals surface area contributed by atoms with E-state index in [9.17, 15) is 45.5 Å². The van der Waals surface area contributed by atoms with Gasteiger partial charge in [0.15, 0.2) is 46.5 Å². The molecule has 2 heterocycles. The van der Waals surface area contributed by atoms with E-state index in [0.717, 1.165) is 14.1 Å². The van der Waals surface area contributed by atoms with Gasteiger partial charge in [0.2, 0.25) is 11.6 Å². The minimum atomic E-state index is -2.56. The SMILES string of the molecule is CN1C(=O)c2cc(-c3c(F)c(F)c(F)c(F)c3F)c3c4c(cc(-c5c(F)c(F)c(F)c(F)c5F)c(c24)C1=O)C(=O)N(C)C3=O. The number of imide groups is 2. The van der Waals surface area contributed by atoms with Crippen molar-refractivity contribution in [2.24, 2.45) is 0 Å². The first-order valence-electron chi connectivity index (χ1n) is 11.9. The highest BCUT2D eigenvalue weighted by Crippen LogP contribution is 2.48. The maximum Gasteiger partial charge on any atom is 0.261 e. The number of hydrogen-bond acceptors (Lipinski definition) is 4. The first-order chi connectivity index (χ1) is 20.5. The summed E-state index contributed by atoms with van der Waals surface area (Å²) in [5, 5.41) is -1.57. The molecule has 0 radical (unpaired) electrons. The fourth-order valence-electron chi connectivity index (χ4n) is 5.38. The quantitative estimate of drug-likeness (QED) is 0.118. The van der Waals surface area contributed by atoms with E-state index in [0.29, 0.717) is 12.1 Å². The lowest BCUT2D eigenvalue weighted by Gasteiger charge is -2.32. The second-order valence-electron chi connectivity index (χ2n) is 9.67. The van der Waals surface area contributed by atoms with E-state index >= 15 is 17.6 Å². The summed E-state index contributed by atoms with van der Waals surface area (Å²) in [6.07, 6.45) is 0. The van der Waals surface area contributed by atoms with Gasteiger partial charge in [-0.25, -0.2) is 43.9 Å². The van der Waals surface area contributed by atoms with Crippen LogP contribution in [0.15, 0.2) is 12.1 Å². The Labute approximate surface area is 236 Å². The van der Waals surface area contributed by atoms with Crippen LogP contribution in [0, 0.1) is 58.2 Å². The number of halogens is 10. The second kappa shape index (κ2) is 9.11. The van der Waals surface area contributed by atoms with E-state index in [-0.39, 0.29) is 9.80 Å². The molecule has 6 nitrogen and oxygen atoms in total. The standard InChI is InChI=1S/C28H8F10N2O4/c1-39-25(41)7-3-6(14-17(31)21(35)24(38)22(36)18(14)32)12-10-8(26(42)40(2)28(12)44)4-5(11(9(7)10)27(39)43)13-15(29)19(33)23(37)20(34)16(13)30/h3-4H,1-2H3. The van der Waals surface area contributed by atoms with Crippen molar-refractivity contribution in [1.82, 2.24) is 9.80 Å². The van der Waals surface area contributed by atoms with E-state index in [4.69, 9.17) is 0 Å². The lowest BCUT2D eigenvalue weighted by atomic mass is 9.79. The van der Waals surface area contributed by atoms with Gasteiger partial charge in [-0.05, 0) is 12.1 Å². The monoisotopic (exact) mass is 626 g/mol. The molecule has 0 aromatic heterocycles. The predicted molar refractivity (Wildman–Crippen MR) is 127 cm³/mol. The van der Waals surface area contributed by atoms with Crippen molar-refractivity contribution in [3.05, 3.63) is 92.6 Å². The molecule has 0 unspecified atom stereocenters. The van der Waals surface area contributed by atoms with Gasteiger partial charge in [0.25, 0.3) is 23.6 Å². The van der Waals surface area contributed by atoms with Crippen LogP contribution < -0.4 is 0 Å². The van der Waals surface area contributed by atoms with Crippen molar-refractivity contribution < 1.29 is 63.1 Å². The average molecular weight is 626 g/mol. The highest BCUT2D eigenvalue weighted by atomic mass is 19.2. The van der Waals surface area contributed by atoms with Gasteiger partial charge in [-0.2, -0.15) is 0 Å². The van der Waals surface area contributed by atoms with Crippen molar-refractivity contribution in [2.45, 2.75) is 0 Å². The van der Waals surface area contributed by atoms with E-state index in [1.165, 1.54) is 0 Å². The number of hydrogen-bond donors (Lipinski definition) is 0. The maximum absolute atomic E-state index is 15.0. The zero-order chi connectivity index (χ0) is 32.4. The molecule has 16 heteroatoms. The zero-order valence-electron chi connectivity index (χ0n) is 21.5. The third-order valence-electron chi connectivity index (χ3n) is 7.47. The van der Waals surface area contributed by atoms with Crippen LogP contribution in [0.3, 0.4) is 0 Å². The molecule has 0 saturated heterocycles. The van der Waals surface area contributed by atoms with Gasteiger partial charge in [-0.3, -0.25) is 29.0 Å². The number of carbonyl (C=O) groups is 4. The van der Waals surface area contributed by atoms with Crippen LogP contribution in [0.2, 0.25) is 0 Å². The fourth-order valence-corrected chi connectivity index (χ4v) is 5.38. The zero-order valence-corrected chi connectivity index (χ0v) is 21.5. The Hall–Kier alpha value is -5.28. The van der Waals surface area contributed by atoms with Crippen LogP contribution in [0.5, 0.6) is 0 Å². The molecule has 0 N–H and O–H groups in total. The first-order valence-corrected chi connectivity index (χ1v) is 11.9. The van der Waals surface area contributed by atoms with Crippen LogP contribution in [0.25, 0.3) is 33.0 Å². The normalized spacial score (nSPS) is 14.5. The molecule has 44 heavy (non-hydrogen) atoms. The molecule has 0 aliphatic carbocycles. The molecule has 0 atom stereocenters. The molecule has 4 amide bonds. The Morgan fingerprint density at radius 3 is 0.886 bits per heavy atom. The van der Waals surface area contributed by atoms with Crippen LogP contribution in [-0.2, 0) is 0 Å². The molecule has 4 aromatic carbocycles. The molecule has 4 aromatic rings. The Bertz CT molecular complexity index is 1940. The minimum absolute atomic E-state index is 0.260. The van der Waals surface area contributed by atoms with Crippen molar-refractivity contribution >= 4 is 34.4 Å². The lowest BCUT2D eigenvalue weighted by molar-refractivity contribution is 0.0630. The summed E-state index contributed by atoms with van der Waals surface area (Å²) in [6, 6.07) is 0.913. The summed E-state index contributed by atoms with van der Waals surface area (Å²) < 4.78 is 145. The van der Waals surface area contributed by atoms with E-state index in [2.05, 4.69) is 0 Å².